The Balaban J connectivity index is 2.46. The van der Waals surface area contributed by atoms with Crippen molar-refractivity contribution in [2.45, 2.75) is 32.8 Å². The lowest BCUT2D eigenvalue weighted by molar-refractivity contribution is 0.121. The lowest BCUT2D eigenvalue weighted by atomic mass is 9.71. The van der Waals surface area contributed by atoms with Gasteiger partial charge in [0.05, 0.1) is 12.7 Å². The Kier molecular flexibility index (Phi) is 3.81. The molecule has 0 bridgehead atoms. The molecule has 1 aliphatic rings. The lowest BCUT2D eigenvalue weighted by Gasteiger charge is -2.36. The molecule has 0 radical (unpaired) electrons. The van der Waals surface area contributed by atoms with Crippen LogP contribution in [0, 0.1) is 5.41 Å². The van der Waals surface area contributed by atoms with Gasteiger partial charge in [-0.2, -0.15) is 0 Å². The fourth-order valence-electron chi connectivity index (χ4n) is 2.65. The molecule has 2 rings (SSSR count). The van der Waals surface area contributed by atoms with Crippen molar-refractivity contribution >= 4 is 17.2 Å². The summed E-state index contributed by atoms with van der Waals surface area (Å²) in [5, 5.41) is 20.3. The summed E-state index contributed by atoms with van der Waals surface area (Å²) in [6.45, 7) is 4.19. The summed E-state index contributed by atoms with van der Waals surface area (Å²) in [5.74, 6) is 0. The number of benzene rings is 1. The number of aliphatic hydroxyl groups excluding tert-OH is 2. The van der Waals surface area contributed by atoms with Crippen LogP contribution in [0.3, 0.4) is 0 Å². The molecule has 0 heterocycles. The summed E-state index contributed by atoms with van der Waals surface area (Å²) in [6.07, 6.45) is 1.01. The zero-order chi connectivity index (χ0) is 13.3. The first-order chi connectivity index (χ1) is 8.43. The number of allylic oxidation sites excluding steroid dienone is 1. The van der Waals surface area contributed by atoms with Gasteiger partial charge in [-0.3, -0.25) is 0 Å². The first-order valence-electron chi connectivity index (χ1n) is 6.20. The van der Waals surface area contributed by atoms with E-state index in [-0.39, 0.29) is 12.0 Å². The first-order valence-corrected chi connectivity index (χ1v) is 6.57. The normalized spacial score (nSPS) is 23.3. The maximum atomic E-state index is 10.1. The minimum Gasteiger partial charge on any atom is -0.392 e. The quantitative estimate of drug-likeness (QED) is 0.863. The van der Waals surface area contributed by atoms with E-state index in [0.717, 1.165) is 23.1 Å². The predicted octanol–water partition coefficient (Wildman–Crippen LogP) is 3.27. The molecule has 1 unspecified atom stereocenters. The third kappa shape index (κ3) is 2.77. The van der Waals surface area contributed by atoms with Crippen molar-refractivity contribution in [3.05, 3.63) is 40.4 Å². The third-order valence-corrected chi connectivity index (χ3v) is 3.81. The SMILES string of the molecule is CC1(C)CC(c2ccc(Cl)cc2)=C(CO)C(O)C1. The highest BCUT2D eigenvalue weighted by Crippen LogP contribution is 2.42. The number of hydrogen-bond donors (Lipinski definition) is 2. The molecule has 1 aromatic rings. The minimum atomic E-state index is -0.551. The third-order valence-electron chi connectivity index (χ3n) is 3.55. The van der Waals surface area contributed by atoms with Crippen LogP contribution in [-0.4, -0.2) is 22.9 Å². The van der Waals surface area contributed by atoms with E-state index in [4.69, 9.17) is 11.6 Å². The fourth-order valence-corrected chi connectivity index (χ4v) is 2.78. The van der Waals surface area contributed by atoms with Gasteiger partial charge >= 0.3 is 0 Å². The van der Waals surface area contributed by atoms with Gasteiger partial charge in [0.2, 0.25) is 0 Å². The molecule has 2 N–H and O–H groups in total. The average molecular weight is 267 g/mol. The van der Waals surface area contributed by atoms with Gasteiger partial charge in [0, 0.05) is 5.02 Å². The van der Waals surface area contributed by atoms with Crippen molar-refractivity contribution in [3.63, 3.8) is 0 Å². The molecule has 1 aromatic carbocycles. The maximum absolute atomic E-state index is 10.1. The van der Waals surface area contributed by atoms with Gasteiger partial charge in [-0.05, 0) is 47.1 Å². The van der Waals surface area contributed by atoms with Crippen molar-refractivity contribution in [2.24, 2.45) is 5.41 Å². The molecule has 0 fully saturated rings. The average Bonchev–Trinajstić information content (AvgIpc) is 2.28. The van der Waals surface area contributed by atoms with E-state index in [2.05, 4.69) is 13.8 Å². The van der Waals surface area contributed by atoms with Gasteiger partial charge in [0.25, 0.3) is 0 Å². The van der Waals surface area contributed by atoms with Crippen LogP contribution in [-0.2, 0) is 0 Å². The maximum Gasteiger partial charge on any atom is 0.0783 e. The van der Waals surface area contributed by atoms with Crippen LogP contribution in [0.5, 0.6) is 0 Å². The molecule has 0 aromatic heterocycles. The lowest BCUT2D eigenvalue weighted by Crippen LogP contribution is -2.30. The zero-order valence-corrected chi connectivity index (χ0v) is 11.5. The van der Waals surface area contributed by atoms with E-state index in [9.17, 15) is 10.2 Å². The second kappa shape index (κ2) is 5.04. The molecule has 1 atom stereocenters. The van der Waals surface area contributed by atoms with Crippen molar-refractivity contribution in [1.82, 2.24) is 0 Å². The van der Waals surface area contributed by atoms with E-state index >= 15 is 0 Å². The van der Waals surface area contributed by atoms with Crippen molar-refractivity contribution in [1.29, 1.82) is 0 Å². The summed E-state index contributed by atoms with van der Waals surface area (Å²) in [6, 6.07) is 7.57. The topological polar surface area (TPSA) is 40.5 Å². The highest BCUT2D eigenvalue weighted by molar-refractivity contribution is 6.30. The van der Waals surface area contributed by atoms with E-state index < -0.39 is 6.10 Å². The Bertz CT molecular complexity index is 460. The molecule has 0 spiro atoms. The Labute approximate surface area is 113 Å². The van der Waals surface area contributed by atoms with Crippen LogP contribution in [0.4, 0.5) is 0 Å². The number of rotatable bonds is 2. The van der Waals surface area contributed by atoms with Gasteiger partial charge in [0.15, 0.2) is 0 Å². The summed E-state index contributed by atoms with van der Waals surface area (Å²) in [5.41, 5.74) is 2.89. The Morgan fingerprint density at radius 2 is 1.89 bits per heavy atom. The van der Waals surface area contributed by atoms with Crippen LogP contribution in [0.15, 0.2) is 29.8 Å². The Morgan fingerprint density at radius 1 is 1.28 bits per heavy atom. The molecule has 0 saturated carbocycles. The number of hydrogen-bond acceptors (Lipinski definition) is 2. The van der Waals surface area contributed by atoms with Gasteiger partial charge in [-0.1, -0.05) is 37.6 Å². The summed E-state index contributed by atoms with van der Waals surface area (Å²) >= 11 is 5.89. The Hall–Kier alpha value is -0.830. The first kappa shape index (κ1) is 13.6. The molecule has 18 heavy (non-hydrogen) atoms. The van der Waals surface area contributed by atoms with Crippen molar-refractivity contribution in [2.75, 3.05) is 6.61 Å². The molecule has 0 saturated heterocycles. The van der Waals surface area contributed by atoms with Crippen LogP contribution >= 0.6 is 11.6 Å². The molecular formula is C15H19ClO2. The molecule has 3 heteroatoms. The standard InChI is InChI=1S/C15H19ClO2/c1-15(2)7-12(13(9-17)14(18)8-15)10-3-5-11(16)6-4-10/h3-6,14,17-18H,7-9H2,1-2H3. The van der Waals surface area contributed by atoms with E-state index in [0.29, 0.717) is 11.4 Å². The Morgan fingerprint density at radius 3 is 2.44 bits per heavy atom. The van der Waals surface area contributed by atoms with Crippen LogP contribution < -0.4 is 0 Å². The van der Waals surface area contributed by atoms with Gasteiger partial charge in [0.1, 0.15) is 0 Å². The molecular weight excluding hydrogens is 248 g/mol. The number of halogens is 1. The number of aliphatic hydroxyl groups is 2. The highest BCUT2D eigenvalue weighted by Gasteiger charge is 2.33. The van der Waals surface area contributed by atoms with Gasteiger partial charge in [-0.15, -0.1) is 0 Å². The predicted molar refractivity (Wildman–Crippen MR) is 74.5 cm³/mol. The van der Waals surface area contributed by atoms with E-state index in [1.165, 1.54) is 0 Å². The van der Waals surface area contributed by atoms with Crippen LogP contribution in [0.25, 0.3) is 5.57 Å². The second-order valence-electron chi connectivity index (χ2n) is 5.73. The largest absolute Gasteiger partial charge is 0.392 e. The van der Waals surface area contributed by atoms with Gasteiger partial charge in [-0.25, -0.2) is 0 Å². The summed E-state index contributed by atoms with van der Waals surface area (Å²) < 4.78 is 0. The molecule has 98 valence electrons. The van der Waals surface area contributed by atoms with Crippen LogP contribution in [0.1, 0.15) is 32.3 Å². The van der Waals surface area contributed by atoms with Gasteiger partial charge < -0.3 is 10.2 Å². The highest BCUT2D eigenvalue weighted by atomic mass is 35.5. The van der Waals surface area contributed by atoms with Crippen LogP contribution in [0.2, 0.25) is 5.02 Å². The van der Waals surface area contributed by atoms with E-state index in [1.54, 1.807) is 0 Å². The fraction of sp³-hybridized carbons (Fsp3) is 0.467. The molecule has 2 nitrogen and oxygen atoms in total. The smallest absolute Gasteiger partial charge is 0.0783 e. The molecule has 1 aliphatic carbocycles. The second-order valence-corrected chi connectivity index (χ2v) is 6.17. The monoisotopic (exact) mass is 266 g/mol. The van der Waals surface area contributed by atoms with E-state index in [1.807, 2.05) is 24.3 Å². The minimum absolute atomic E-state index is 0.0487. The van der Waals surface area contributed by atoms with Crippen molar-refractivity contribution in [3.8, 4) is 0 Å². The molecule has 0 amide bonds. The summed E-state index contributed by atoms with van der Waals surface area (Å²) in [7, 11) is 0. The summed E-state index contributed by atoms with van der Waals surface area (Å²) in [4.78, 5) is 0. The molecule has 0 aliphatic heterocycles. The van der Waals surface area contributed by atoms with Crippen molar-refractivity contribution < 1.29 is 10.2 Å². The zero-order valence-electron chi connectivity index (χ0n) is 10.8.